The zero-order valence-corrected chi connectivity index (χ0v) is 11.2. The Labute approximate surface area is 113 Å². The van der Waals surface area contributed by atoms with Gasteiger partial charge in [0.05, 0.1) is 17.8 Å². The van der Waals surface area contributed by atoms with Crippen molar-refractivity contribution < 1.29 is 14.6 Å². The first kappa shape index (κ1) is 13.6. The van der Waals surface area contributed by atoms with Crippen molar-refractivity contribution in [3.63, 3.8) is 0 Å². The van der Waals surface area contributed by atoms with Crippen LogP contribution in [0.5, 0.6) is 0 Å². The first-order valence-electron chi connectivity index (χ1n) is 6.34. The normalized spacial score (nSPS) is 25.5. The molecule has 0 aromatic heterocycles. The van der Waals surface area contributed by atoms with Gasteiger partial charge in [0.15, 0.2) is 0 Å². The smallest absolute Gasteiger partial charge is 0.336 e. The number of rotatable bonds is 4. The molecule has 2 rings (SSSR count). The van der Waals surface area contributed by atoms with Crippen molar-refractivity contribution in [2.75, 3.05) is 0 Å². The number of hydrogen-bond donors (Lipinski definition) is 1. The zero-order chi connectivity index (χ0) is 13.9. The Bertz CT molecular complexity index is 531. The Morgan fingerprint density at radius 1 is 1.37 bits per heavy atom. The Balaban J connectivity index is 2.13. The lowest BCUT2D eigenvalue weighted by atomic mass is 9.87. The van der Waals surface area contributed by atoms with Gasteiger partial charge in [0.2, 0.25) is 0 Å². The summed E-state index contributed by atoms with van der Waals surface area (Å²) in [6.45, 7) is 4.39. The third-order valence-corrected chi connectivity index (χ3v) is 3.63. The minimum Gasteiger partial charge on any atom is -0.478 e. The lowest BCUT2D eigenvalue weighted by molar-refractivity contribution is -0.0321. The van der Waals surface area contributed by atoms with E-state index >= 15 is 0 Å². The molecule has 3 nitrogen and oxygen atoms in total. The molecule has 19 heavy (non-hydrogen) atoms. The SMILES string of the molecule is CC1C=CC=CC1(C)OCc1ccccc1C(=O)O. The average molecular weight is 258 g/mol. The van der Waals surface area contributed by atoms with E-state index in [4.69, 9.17) is 9.84 Å². The number of ether oxygens (including phenoxy) is 1. The van der Waals surface area contributed by atoms with Gasteiger partial charge in [-0.2, -0.15) is 0 Å². The van der Waals surface area contributed by atoms with Crippen LogP contribution in [0.25, 0.3) is 0 Å². The molecule has 0 amide bonds. The van der Waals surface area contributed by atoms with Crippen LogP contribution in [-0.2, 0) is 11.3 Å². The standard InChI is InChI=1S/C16H18O3/c1-12-7-5-6-10-16(12,2)19-11-13-8-3-4-9-14(13)15(17)18/h3-10,12H,11H2,1-2H3,(H,17,18). The van der Waals surface area contributed by atoms with E-state index in [1.165, 1.54) is 0 Å². The van der Waals surface area contributed by atoms with Gasteiger partial charge in [-0.05, 0) is 18.6 Å². The van der Waals surface area contributed by atoms with Crippen LogP contribution in [0.15, 0.2) is 48.6 Å². The highest BCUT2D eigenvalue weighted by atomic mass is 16.5. The van der Waals surface area contributed by atoms with Crippen LogP contribution < -0.4 is 0 Å². The van der Waals surface area contributed by atoms with E-state index in [-0.39, 0.29) is 11.5 Å². The van der Waals surface area contributed by atoms with Crippen LogP contribution >= 0.6 is 0 Å². The summed E-state index contributed by atoms with van der Waals surface area (Å²) in [5, 5.41) is 9.14. The van der Waals surface area contributed by atoms with Crippen LogP contribution in [0.3, 0.4) is 0 Å². The molecule has 0 aliphatic heterocycles. The van der Waals surface area contributed by atoms with Gasteiger partial charge in [0.1, 0.15) is 0 Å². The summed E-state index contributed by atoms with van der Waals surface area (Å²) >= 11 is 0. The summed E-state index contributed by atoms with van der Waals surface area (Å²) in [5.41, 5.74) is 0.612. The fourth-order valence-electron chi connectivity index (χ4n) is 2.09. The maximum atomic E-state index is 11.1. The van der Waals surface area contributed by atoms with Crippen molar-refractivity contribution in [3.8, 4) is 0 Å². The van der Waals surface area contributed by atoms with Crippen molar-refractivity contribution in [3.05, 3.63) is 59.7 Å². The zero-order valence-electron chi connectivity index (χ0n) is 11.2. The maximum absolute atomic E-state index is 11.1. The van der Waals surface area contributed by atoms with Gasteiger partial charge >= 0.3 is 5.97 Å². The van der Waals surface area contributed by atoms with Crippen LogP contribution in [0, 0.1) is 5.92 Å². The summed E-state index contributed by atoms with van der Waals surface area (Å²) in [6, 6.07) is 6.94. The Morgan fingerprint density at radius 2 is 2.11 bits per heavy atom. The molecule has 0 bridgehead atoms. The second-order valence-corrected chi connectivity index (χ2v) is 4.97. The summed E-state index contributed by atoms with van der Waals surface area (Å²) in [4.78, 5) is 11.1. The molecule has 3 heteroatoms. The number of carboxylic acids is 1. The molecule has 2 unspecified atom stereocenters. The van der Waals surface area contributed by atoms with E-state index in [1.54, 1.807) is 18.2 Å². The lowest BCUT2D eigenvalue weighted by Crippen LogP contribution is -2.34. The van der Waals surface area contributed by atoms with E-state index in [2.05, 4.69) is 13.0 Å². The van der Waals surface area contributed by atoms with Crippen molar-refractivity contribution >= 4 is 5.97 Å². The van der Waals surface area contributed by atoms with Crippen LogP contribution in [0.1, 0.15) is 29.8 Å². The molecule has 0 radical (unpaired) electrons. The molecular weight excluding hydrogens is 240 g/mol. The summed E-state index contributed by atoms with van der Waals surface area (Å²) in [5.74, 6) is -0.661. The minimum absolute atomic E-state index is 0.259. The van der Waals surface area contributed by atoms with Gasteiger partial charge in [0.25, 0.3) is 0 Å². The fourth-order valence-corrected chi connectivity index (χ4v) is 2.09. The number of benzene rings is 1. The van der Waals surface area contributed by atoms with Crippen LogP contribution in [-0.4, -0.2) is 16.7 Å². The van der Waals surface area contributed by atoms with Crippen LogP contribution in [0.2, 0.25) is 0 Å². The number of hydrogen-bond acceptors (Lipinski definition) is 2. The van der Waals surface area contributed by atoms with Gasteiger partial charge in [0, 0.05) is 5.92 Å². The molecule has 0 spiro atoms. The molecule has 0 saturated carbocycles. The van der Waals surface area contributed by atoms with Gasteiger partial charge in [-0.1, -0.05) is 49.4 Å². The second kappa shape index (κ2) is 5.41. The molecule has 100 valence electrons. The number of allylic oxidation sites excluding steroid dienone is 2. The quantitative estimate of drug-likeness (QED) is 0.900. The molecule has 0 heterocycles. The molecule has 1 aliphatic rings. The largest absolute Gasteiger partial charge is 0.478 e. The molecular formula is C16H18O3. The first-order valence-corrected chi connectivity index (χ1v) is 6.34. The van der Waals surface area contributed by atoms with Gasteiger partial charge in [-0.15, -0.1) is 0 Å². The average Bonchev–Trinajstić information content (AvgIpc) is 2.40. The molecule has 0 fully saturated rings. The number of carboxylic acid groups (broad SMARTS) is 1. The van der Waals surface area contributed by atoms with Gasteiger partial charge < -0.3 is 9.84 Å². The molecule has 1 N–H and O–H groups in total. The molecule has 0 saturated heterocycles. The summed E-state index contributed by atoms with van der Waals surface area (Å²) in [6.07, 6.45) is 8.06. The van der Waals surface area contributed by atoms with E-state index in [9.17, 15) is 4.79 Å². The van der Waals surface area contributed by atoms with Crippen molar-refractivity contribution in [1.82, 2.24) is 0 Å². The molecule has 1 aromatic carbocycles. The van der Waals surface area contributed by atoms with Crippen molar-refractivity contribution in [1.29, 1.82) is 0 Å². The topological polar surface area (TPSA) is 46.5 Å². The van der Waals surface area contributed by atoms with E-state index in [0.717, 1.165) is 0 Å². The van der Waals surface area contributed by atoms with E-state index < -0.39 is 5.97 Å². The summed E-state index contributed by atoms with van der Waals surface area (Å²) < 4.78 is 5.96. The Kier molecular flexibility index (Phi) is 3.86. The van der Waals surface area contributed by atoms with Crippen molar-refractivity contribution in [2.45, 2.75) is 26.1 Å². The monoisotopic (exact) mass is 258 g/mol. The third-order valence-electron chi connectivity index (χ3n) is 3.63. The molecule has 2 atom stereocenters. The molecule has 1 aromatic rings. The van der Waals surface area contributed by atoms with Gasteiger partial charge in [-0.3, -0.25) is 0 Å². The maximum Gasteiger partial charge on any atom is 0.336 e. The highest BCUT2D eigenvalue weighted by molar-refractivity contribution is 5.89. The molecule has 1 aliphatic carbocycles. The van der Waals surface area contributed by atoms with E-state index in [1.807, 2.05) is 31.2 Å². The number of carbonyl (C=O) groups is 1. The minimum atomic E-state index is -0.920. The lowest BCUT2D eigenvalue weighted by Gasteiger charge is -2.33. The van der Waals surface area contributed by atoms with Crippen LogP contribution in [0.4, 0.5) is 0 Å². The predicted molar refractivity (Wildman–Crippen MR) is 74.0 cm³/mol. The number of aromatic carboxylic acids is 1. The highest BCUT2D eigenvalue weighted by Crippen LogP contribution is 2.29. The highest BCUT2D eigenvalue weighted by Gasteiger charge is 2.29. The Hall–Kier alpha value is -1.87. The van der Waals surface area contributed by atoms with Gasteiger partial charge in [-0.25, -0.2) is 4.79 Å². The Morgan fingerprint density at radius 3 is 2.79 bits per heavy atom. The fraction of sp³-hybridized carbons (Fsp3) is 0.312. The van der Waals surface area contributed by atoms with E-state index in [0.29, 0.717) is 17.7 Å². The second-order valence-electron chi connectivity index (χ2n) is 4.97. The summed E-state index contributed by atoms with van der Waals surface area (Å²) in [7, 11) is 0. The third kappa shape index (κ3) is 2.93. The first-order chi connectivity index (χ1) is 9.03. The predicted octanol–water partition coefficient (Wildman–Crippen LogP) is 3.42. The van der Waals surface area contributed by atoms with Crippen molar-refractivity contribution in [2.24, 2.45) is 5.92 Å².